The smallest absolute Gasteiger partial charge is 1.00 e. The van der Waals surface area contributed by atoms with E-state index >= 15 is 17.6 Å². The molecule has 0 aliphatic carbocycles. The number of halogens is 13. The Kier molecular flexibility index (Phi) is 41.6. The number of terminal acetylenes is 2. The van der Waals surface area contributed by atoms with Crippen LogP contribution in [0.1, 0.15) is 36.9 Å². The maximum Gasteiger partial charge on any atom is 1.00 e. The number of aromatic hydroxyl groups is 1. The van der Waals surface area contributed by atoms with E-state index in [0.717, 1.165) is 70.8 Å². The number of ether oxygens (including phenoxy) is 2. The number of carbonyl (C=O) groups excluding carboxylic acids is 1. The summed E-state index contributed by atoms with van der Waals surface area (Å²) in [7, 11) is 0. The van der Waals surface area contributed by atoms with Crippen molar-refractivity contribution in [3.63, 3.8) is 0 Å². The maximum atomic E-state index is 15.7. The van der Waals surface area contributed by atoms with Crippen molar-refractivity contribution in [2.75, 3.05) is 18.5 Å². The topological polar surface area (TPSA) is 241 Å². The predicted octanol–water partition coefficient (Wildman–Crippen LogP) is 3.96. The van der Waals surface area contributed by atoms with Crippen molar-refractivity contribution < 1.29 is 223 Å². The summed E-state index contributed by atoms with van der Waals surface area (Å²) in [5.41, 5.74) is -9.49. The Morgan fingerprint density at radius 2 is 0.989 bits per heavy atom. The van der Waals surface area contributed by atoms with Crippen LogP contribution in [0.4, 0.5) is 48.3 Å². The van der Waals surface area contributed by atoms with E-state index in [1.54, 1.807) is 0 Å². The monoisotopic (exact) mass is 1710 g/mol. The summed E-state index contributed by atoms with van der Waals surface area (Å²) in [5, 5.41) is 59.9. The van der Waals surface area contributed by atoms with Gasteiger partial charge in [-0.2, -0.15) is 17.6 Å². The maximum absolute atomic E-state index is 15.7. The normalized spacial score (nSPS) is 11.2. The van der Waals surface area contributed by atoms with Crippen molar-refractivity contribution in [1.82, 2.24) is 50.4 Å². The number of hydrogen-bond donors (Lipinski definition) is 3. The number of pyridine rings is 2. The van der Waals surface area contributed by atoms with E-state index in [-0.39, 0.29) is 185 Å². The molecule has 0 fully saturated rings. The van der Waals surface area contributed by atoms with E-state index in [9.17, 15) is 40.9 Å². The standard InChI is InChI=1S/C24H16F5N5O2.C15H10BrF4N5O.C9H7FO.C6H5FO.C3H3Br.CH2O3.CH4.2K.U.H/c25-17-4-7-19(8-5-17)36-11-1-2-16-3-10-22(30-13-16)24(28,29)23(35,14-34-15-31-32-33-34)20-9-6-18(26)12-21(20)27;16-9-1-4-13(21-6-9)15(19,20)14(26,7-25-8-22-23-24-25)11-3-2-10(17)5-12(11)18;1-2-7-11-9-5-3-8(10)4-6-9;7-5-1-3-6(8)4-2-5;1-2-3-4;2-1-4-3;;;;;/h3-10,12-13,15,35H,11,14H2;1-6,8,26H,7H2;1,3-6H,7H2;1-4,8H;1H,3H2;1,3H;1H4;;;;/q;;;;;;;2*+1;;-1/p-1. The molecule has 0 bridgehead atoms. The number of alkyl halides is 5. The first kappa shape index (κ1) is 87.5. The minimum Gasteiger partial charge on any atom is -1.00 e. The van der Waals surface area contributed by atoms with Gasteiger partial charge in [0.2, 0.25) is 0 Å². The van der Waals surface area contributed by atoms with Crippen LogP contribution in [0.2, 0.25) is 0 Å². The minimum absolute atomic E-state index is 0. The van der Waals surface area contributed by atoms with Gasteiger partial charge in [0.05, 0.1) is 18.4 Å². The zero-order chi connectivity index (χ0) is 65.6. The summed E-state index contributed by atoms with van der Waals surface area (Å²) >= 11 is 6.09. The van der Waals surface area contributed by atoms with Gasteiger partial charge in [-0.3, -0.25) is 14.8 Å². The third-order valence-corrected chi connectivity index (χ3v) is 11.7. The fraction of sp³-hybridized carbons (Fsp3) is 0.169. The van der Waals surface area contributed by atoms with Crippen LogP contribution in [0, 0.1) is 108 Å². The molecule has 93 heavy (non-hydrogen) atoms. The summed E-state index contributed by atoms with van der Waals surface area (Å²) < 4.78 is 167. The van der Waals surface area contributed by atoms with E-state index in [0.29, 0.717) is 33.4 Å². The Morgan fingerprint density at radius 3 is 1.31 bits per heavy atom. The molecule has 0 radical (unpaired) electrons. The molecule has 18 nitrogen and oxygen atoms in total. The van der Waals surface area contributed by atoms with Gasteiger partial charge in [-0.15, -0.1) is 23.0 Å². The number of phenolic OH excluding ortho intramolecular Hbond substituents is 1. The fourth-order valence-corrected chi connectivity index (χ4v) is 7.09. The van der Waals surface area contributed by atoms with Crippen molar-refractivity contribution in [2.24, 2.45) is 0 Å². The van der Waals surface area contributed by atoms with Crippen LogP contribution < -0.4 is 118 Å². The Hall–Kier alpha value is -5.52. The molecule has 5 aromatic carbocycles. The third kappa shape index (κ3) is 27.6. The number of tetrazole rings is 2. The molecule has 2 atom stereocenters. The predicted molar refractivity (Wildman–Crippen MR) is 305 cm³/mol. The van der Waals surface area contributed by atoms with Crippen molar-refractivity contribution in [2.45, 2.75) is 43.6 Å². The first-order valence-corrected chi connectivity index (χ1v) is 26.3. The Labute approximate surface area is 651 Å². The molecular formula is C59H47Br2F11K2N10O8U. The van der Waals surface area contributed by atoms with Crippen LogP contribution in [-0.2, 0) is 45.8 Å². The Balaban J connectivity index is 0. The van der Waals surface area contributed by atoms with Crippen LogP contribution in [0.15, 0.2) is 163 Å². The van der Waals surface area contributed by atoms with Gasteiger partial charge in [0.15, 0.2) is 11.2 Å². The minimum atomic E-state index is -4.17. The second kappa shape index (κ2) is 44.3. The number of rotatable bonds is 15. The number of aromatic nitrogens is 10. The van der Waals surface area contributed by atoms with Crippen molar-refractivity contribution in [3.8, 4) is 53.8 Å². The molecule has 9 rings (SSSR count). The molecule has 9 aromatic rings. The van der Waals surface area contributed by atoms with Crippen LogP contribution in [0.5, 0.6) is 17.2 Å². The summed E-state index contributed by atoms with van der Waals surface area (Å²) in [6, 6.07) is 24.3. The Morgan fingerprint density at radius 1 is 0.602 bits per heavy atom. The molecule has 0 aliphatic heterocycles. The van der Waals surface area contributed by atoms with Crippen molar-refractivity contribution in [1.29, 1.82) is 0 Å². The van der Waals surface area contributed by atoms with E-state index < -0.39 is 87.7 Å². The SMILES string of the molecule is C.C#CCBr.C#CCOc1ccc(F)cc1.O=CO[O-].OC(Cn1cnnn1)(c1ccc(F)cc1F)C(F)(F)c1ccc(Br)cn1.OC(Cn1cnnn1)(c1ccc(F)cc1F)C(F)(F)c1ccc(C#CCOc2ccc(F)cc2)cn1.Oc1ccc(F)cc1.[H-].[K+].[K+].[U]. The average Bonchev–Trinajstić information content (AvgIpc) is 0.906. The van der Waals surface area contributed by atoms with Crippen molar-refractivity contribution >= 4 is 38.3 Å². The van der Waals surface area contributed by atoms with Crippen molar-refractivity contribution in [3.05, 3.63) is 232 Å². The summed E-state index contributed by atoms with van der Waals surface area (Å²) in [4.78, 5) is 18.6. The van der Waals surface area contributed by atoms with Gasteiger partial charge in [-0.05, 0) is 158 Å². The summed E-state index contributed by atoms with van der Waals surface area (Å²) in [6.45, 7) is -1.88. The molecule has 0 spiro atoms. The van der Waals surface area contributed by atoms with Gasteiger partial charge in [0.1, 0.15) is 95.2 Å². The largest absolute Gasteiger partial charge is 1.00 e. The second-order valence-electron chi connectivity index (χ2n) is 16.9. The first-order valence-electron chi connectivity index (χ1n) is 24.3. The van der Waals surface area contributed by atoms with Crippen LogP contribution in [-0.4, -0.2) is 90.7 Å². The molecule has 3 N–H and O–H groups in total. The van der Waals surface area contributed by atoms with E-state index in [4.69, 9.17) is 37.5 Å². The zero-order valence-electron chi connectivity index (χ0n) is 48.5. The van der Waals surface area contributed by atoms with E-state index in [1.807, 2.05) is 0 Å². The molecule has 0 aliphatic rings. The molecular weight excluding hydrogens is 1660 g/mol. The number of carbonyl (C=O) groups is 1. The van der Waals surface area contributed by atoms with Crippen LogP contribution >= 0.6 is 31.9 Å². The third-order valence-electron chi connectivity index (χ3n) is 10.9. The Bertz CT molecular complexity index is 3770. The number of phenols is 1. The zero-order valence-corrected chi connectivity index (χ0v) is 61.1. The van der Waals surface area contributed by atoms with E-state index in [1.165, 1.54) is 84.9 Å². The fourth-order valence-electron chi connectivity index (χ4n) is 6.86. The van der Waals surface area contributed by atoms with Gasteiger partial charge in [0, 0.05) is 76.8 Å². The number of benzene rings is 5. The van der Waals surface area contributed by atoms with Crippen LogP contribution in [0.25, 0.3) is 0 Å². The van der Waals surface area contributed by atoms with Gasteiger partial charge >= 0.3 is 115 Å². The molecule has 2 unspecified atom stereocenters. The molecule has 34 heteroatoms. The summed E-state index contributed by atoms with van der Waals surface area (Å²) in [6.07, 6.45) is 13.8. The number of nitrogens with zero attached hydrogens (tertiary/aromatic N) is 10. The quantitative estimate of drug-likeness (QED) is 0.0250. The van der Waals surface area contributed by atoms with Gasteiger partial charge in [0.25, 0.3) is 6.47 Å². The average molecular weight is 1710 g/mol. The number of aliphatic hydroxyl groups is 2. The van der Waals surface area contributed by atoms with Gasteiger partial charge in [-0.25, -0.2) is 40.1 Å². The first-order chi connectivity index (χ1) is 42.4. The van der Waals surface area contributed by atoms with Gasteiger partial charge in [-0.1, -0.05) is 47.0 Å². The van der Waals surface area contributed by atoms with Gasteiger partial charge < -0.3 is 36.4 Å². The number of hydrogen-bond acceptors (Lipinski definition) is 16. The van der Waals surface area contributed by atoms with E-state index in [2.05, 4.69) is 101 Å². The molecule has 4 heterocycles. The second-order valence-corrected chi connectivity index (χ2v) is 18.4. The molecule has 0 saturated carbocycles. The molecule has 0 saturated heterocycles. The van der Waals surface area contributed by atoms with Crippen LogP contribution in [0.3, 0.4) is 0 Å². The molecule has 0 amide bonds. The molecule has 478 valence electrons. The molecule has 4 aromatic heterocycles. The summed E-state index contributed by atoms with van der Waals surface area (Å²) in [5.74, 6) is -2.87.